The van der Waals surface area contributed by atoms with Crippen LogP contribution in [0.3, 0.4) is 0 Å². The lowest BCUT2D eigenvalue weighted by Gasteiger charge is -2.36. The first-order valence-electron chi connectivity index (χ1n) is 9.62. The Morgan fingerprint density at radius 3 is 1.93 bits per heavy atom. The number of nitrogens with zero attached hydrogens (tertiary/aromatic N) is 2. The molecule has 0 bridgehead atoms. The molecule has 4 nitrogen and oxygen atoms in total. The number of amides is 1. The van der Waals surface area contributed by atoms with E-state index in [2.05, 4.69) is 17.0 Å². The highest BCUT2D eigenvalue weighted by atomic mass is 19.1. The summed E-state index contributed by atoms with van der Waals surface area (Å²) in [5, 5.41) is 0. The number of benzene rings is 3. The van der Waals surface area contributed by atoms with Crippen LogP contribution in [0.25, 0.3) is 0 Å². The first kappa shape index (κ1) is 18.9. The number of hydrogen-bond acceptors (Lipinski definition) is 3. The summed E-state index contributed by atoms with van der Waals surface area (Å²) in [6.07, 6.45) is 0. The average molecular weight is 388 g/mol. The van der Waals surface area contributed by atoms with Gasteiger partial charge in [-0.1, -0.05) is 36.4 Å². The molecule has 1 fully saturated rings. The van der Waals surface area contributed by atoms with E-state index in [-0.39, 0.29) is 11.7 Å². The molecule has 1 saturated heterocycles. The van der Waals surface area contributed by atoms with Gasteiger partial charge < -0.3 is 9.80 Å². The topological polar surface area (TPSA) is 40.6 Å². The van der Waals surface area contributed by atoms with E-state index in [1.165, 1.54) is 24.3 Å². The first-order chi connectivity index (χ1) is 14.1. The van der Waals surface area contributed by atoms with Gasteiger partial charge in [0, 0.05) is 43.0 Å². The molecular weight excluding hydrogens is 367 g/mol. The summed E-state index contributed by atoms with van der Waals surface area (Å²) >= 11 is 0. The first-order valence-corrected chi connectivity index (χ1v) is 9.62. The maximum Gasteiger partial charge on any atom is 0.254 e. The van der Waals surface area contributed by atoms with Crippen molar-refractivity contribution < 1.29 is 14.0 Å². The summed E-state index contributed by atoms with van der Waals surface area (Å²) in [4.78, 5) is 30.1. The van der Waals surface area contributed by atoms with Crippen LogP contribution in [0.15, 0.2) is 78.9 Å². The van der Waals surface area contributed by atoms with E-state index in [4.69, 9.17) is 0 Å². The molecule has 0 saturated carbocycles. The van der Waals surface area contributed by atoms with Gasteiger partial charge in [-0.3, -0.25) is 9.59 Å². The summed E-state index contributed by atoms with van der Waals surface area (Å²) < 4.78 is 13.2. The molecule has 0 atom stereocenters. The Bertz CT molecular complexity index is 1010. The van der Waals surface area contributed by atoms with Crippen LogP contribution in [0, 0.1) is 5.82 Å². The van der Waals surface area contributed by atoms with Crippen LogP contribution in [0.4, 0.5) is 10.1 Å². The van der Waals surface area contributed by atoms with E-state index in [0.717, 1.165) is 18.8 Å². The molecule has 0 aromatic heterocycles. The normalized spacial score (nSPS) is 14.0. The molecule has 1 aliphatic heterocycles. The van der Waals surface area contributed by atoms with Gasteiger partial charge in [0.1, 0.15) is 5.82 Å². The Kier molecular flexibility index (Phi) is 5.38. The number of ketones is 1. The highest BCUT2D eigenvalue weighted by Crippen LogP contribution is 2.20. The predicted octanol–water partition coefficient (Wildman–Crippen LogP) is 4.02. The second-order valence-electron chi connectivity index (χ2n) is 7.00. The van der Waals surface area contributed by atoms with Crippen molar-refractivity contribution in [3.63, 3.8) is 0 Å². The fourth-order valence-electron chi connectivity index (χ4n) is 3.60. The van der Waals surface area contributed by atoms with E-state index >= 15 is 0 Å². The van der Waals surface area contributed by atoms with Gasteiger partial charge in [0.2, 0.25) is 0 Å². The van der Waals surface area contributed by atoms with Crippen molar-refractivity contribution in [3.8, 4) is 0 Å². The highest BCUT2D eigenvalue weighted by Gasteiger charge is 2.25. The third-order valence-electron chi connectivity index (χ3n) is 5.20. The SMILES string of the molecule is O=C(c1ccc(F)cc1)c1ccccc1C(=O)N1CCN(c2ccccc2)CC1. The van der Waals surface area contributed by atoms with Gasteiger partial charge >= 0.3 is 0 Å². The van der Waals surface area contributed by atoms with Gasteiger partial charge in [0.25, 0.3) is 5.91 Å². The fraction of sp³-hybridized carbons (Fsp3) is 0.167. The molecule has 0 spiro atoms. The minimum absolute atomic E-state index is 0.149. The highest BCUT2D eigenvalue weighted by molar-refractivity contribution is 6.15. The van der Waals surface area contributed by atoms with Gasteiger partial charge in [0.15, 0.2) is 5.78 Å². The molecule has 0 radical (unpaired) electrons. The number of carbonyl (C=O) groups is 2. The summed E-state index contributed by atoms with van der Waals surface area (Å²) in [6.45, 7) is 2.66. The monoisotopic (exact) mass is 388 g/mol. The molecule has 5 heteroatoms. The molecule has 1 aliphatic rings. The standard InChI is InChI=1S/C24H21FN2O2/c25-19-12-10-18(11-13-19)23(28)21-8-4-5-9-22(21)24(29)27-16-14-26(15-17-27)20-6-2-1-3-7-20/h1-13H,14-17H2. The quantitative estimate of drug-likeness (QED) is 0.634. The lowest BCUT2D eigenvalue weighted by Crippen LogP contribution is -2.49. The zero-order valence-electron chi connectivity index (χ0n) is 15.9. The van der Waals surface area contributed by atoms with Crippen LogP contribution in [-0.2, 0) is 0 Å². The Morgan fingerprint density at radius 2 is 1.28 bits per heavy atom. The van der Waals surface area contributed by atoms with Crippen molar-refractivity contribution in [2.45, 2.75) is 0 Å². The number of anilines is 1. The third-order valence-corrected chi connectivity index (χ3v) is 5.20. The Balaban J connectivity index is 1.51. The average Bonchev–Trinajstić information content (AvgIpc) is 2.79. The van der Waals surface area contributed by atoms with E-state index in [1.807, 2.05) is 18.2 Å². The van der Waals surface area contributed by atoms with E-state index in [1.54, 1.807) is 29.2 Å². The van der Waals surface area contributed by atoms with Crippen molar-refractivity contribution in [2.24, 2.45) is 0 Å². The zero-order valence-corrected chi connectivity index (χ0v) is 15.9. The van der Waals surface area contributed by atoms with Crippen molar-refractivity contribution in [1.82, 2.24) is 4.90 Å². The van der Waals surface area contributed by atoms with Crippen LogP contribution < -0.4 is 4.90 Å². The molecule has 1 amide bonds. The summed E-state index contributed by atoms with van der Waals surface area (Å²) in [6, 6.07) is 22.3. The Morgan fingerprint density at radius 1 is 0.690 bits per heavy atom. The fourth-order valence-corrected chi connectivity index (χ4v) is 3.60. The van der Waals surface area contributed by atoms with Crippen LogP contribution in [0.2, 0.25) is 0 Å². The van der Waals surface area contributed by atoms with E-state index in [9.17, 15) is 14.0 Å². The van der Waals surface area contributed by atoms with Gasteiger partial charge in [0.05, 0.1) is 5.56 Å². The van der Waals surface area contributed by atoms with Crippen molar-refractivity contribution >= 4 is 17.4 Å². The molecule has 29 heavy (non-hydrogen) atoms. The molecule has 0 N–H and O–H groups in total. The lowest BCUT2D eigenvalue weighted by molar-refractivity contribution is 0.0742. The van der Waals surface area contributed by atoms with Crippen molar-refractivity contribution in [1.29, 1.82) is 0 Å². The maximum absolute atomic E-state index is 13.2. The number of carbonyl (C=O) groups excluding carboxylic acids is 2. The number of halogens is 1. The largest absolute Gasteiger partial charge is 0.368 e. The second-order valence-corrected chi connectivity index (χ2v) is 7.00. The Hall–Kier alpha value is -3.47. The Labute approximate surface area is 169 Å². The van der Waals surface area contributed by atoms with Gasteiger partial charge in [-0.15, -0.1) is 0 Å². The second kappa shape index (κ2) is 8.27. The molecule has 4 rings (SSSR count). The molecule has 1 heterocycles. The van der Waals surface area contributed by atoms with Crippen LogP contribution in [0.1, 0.15) is 26.3 Å². The minimum atomic E-state index is -0.401. The molecule has 0 aliphatic carbocycles. The van der Waals surface area contributed by atoms with E-state index < -0.39 is 5.82 Å². The van der Waals surface area contributed by atoms with Crippen LogP contribution >= 0.6 is 0 Å². The maximum atomic E-state index is 13.2. The molecule has 3 aromatic carbocycles. The summed E-state index contributed by atoms with van der Waals surface area (Å²) in [7, 11) is 0. The van der Waals surface area contributed by atoms with Crippen LogP contribution in [-0.4, -0.2) is 42.8 Å². The van der Waals surface area contributed by atoms with Crippen molar-refractivity contribution in [3.05, 3.63) is 101 Å². The molecular formula is C24H21FN2O2. The van der Waals surface area contributed by atoms with Crippen molar-refractivity contribution in [2.75, 3.05) is 31.1 Å². The molecule has 0 unspecified atom stereocenters. The predicted molar refractivity (Wildman–Crippen MR) is 111 cm³/mol. The zero-order chi connectivity index (χ0) is 20.2. The smallest absolute Gasteiger partial charge is 0.254 e. The lowest BCUT2D eigenvalue weighted by atomic mass is 9.97. The number of para-hydroxylation sites is 1. The third kappa shape index (κ3) is 4.04. The van der Waals surface area contributed by atoms with E-state index in [0.29, 0.717) is 29.8 Å². The molecule has 3 aromatic rings. The summed E-state index contributed by atoms with van der Waals surface area (Å²) in [5.41, 5.74) is 2.23. The number of hydrogen-bond donors (Lipinski definition) is 0. The number of piperazine rings is 1. The van der Waals surface area contributed by atoms with Gasteiger partial charge in [-0.05, 0) is 42.5 Å². The summed E-state index contributed by atoms with van der Waals surface area (Å²) in [5.74, 6) is -0.831. The van der Waals surface area contributed by atoms with Gasteiger partial charge in [-0.25, -0.2) is 4.39 Å². The van der Waals surface area contributed by atoms with Crippen LogP contribution in [0.5, 0.6) is 0 Å². The minimum Gasteiger partial charge on any atom is -0.368 e. The molecule has 146 valence electrons. The number of rotatable bonds is 4. The van der Waals surface area contributed by atoms with Gasteiger partial charge in [-0.2, -0.15) is 0 Å².